The van der Waals surface area contributed by atoms with Crippen molar-refractivity contribution < 1.29 is 22.7 Å². The summed E-state index contributed by atoms with van der Waals surface area (Å²) in [5, 5.41) is 3.12. The number of allylic oxidation sites excluding steroid dienone is 1. The molecular weight excluding hydrogens is 427 g/mol. The quantitative estimate of drug-likeness (QED) is 0.696. The van der Waals surface area contributed by atoms with Gasteiger partial charge in [-0.15, -0.1) is 0 Å². The Morgan fingerprint density at radius 3 is 2.35 bits per heavy atom. The number of thiocarbonyl (C=S) groups is 1. The normalized spacial score (nSPS) is 16.8. The van der Waals surface area contributed by atoms with Crippen LogP contribution in [0.15, 0.2) is 59.8 Å². The molecule has 164 valence electrons. The number of amides is 1. The first-order chi connectivity index (χ1) is 14.6. The van der Waals surface area contributed by atoms with Crippen LogP contribution in [0.3, 0.4) is 0 Å². The highest BCUT2D eigenvalue weighted by Gasteiger charge is 2.41. The van der Waals surface area contributed by atoms with Gasteiger partial charge in [0.1, 0.15) is 5.75 Å². The number of methoxy groups -OCH3 is 1. The first kappa shape index (κ1) is 22.6. The molecule has 1 atom stereocenters. The number of anilines is 1. The van der Waals surface area contributed by atoms with Gasteiger partial charge in [0.25, 0.3) is 5.91 Å². The van der Waals surface area contributed by atoms with Gasteiger partial charge in [0.2, 0.25) is 0 Å². The molecule has 1 aliphatic heterocycles. The Morgan fingerprint density at radius 2 is 1.74 bits per heavy atom. The molecule has 1 unspecified atom stereocenters. The van der Waals surface area contributed by atoms with Gasteiger partial charge in [-0.3, -0.25) is 9.69 Å². The lowest BCUT2D eigenvalue weighted by atomic mass is 9.90. The fraction of sp³-hybridized carbons (Fsp3) is 0.273. The minimum Gasteiger partial charge on any atom is -0.495 e. The molecule has 2 aromatic carbocycles. The van der Waals surface area contributed by atoms with Gasteiger partial charge in [0, 0.05) is 19.8 Å². The van der Waals surface area contributed by atoms with E-state index < -0.39 is 23.7 Å². The smallest absolute Gasteiger partial charge is 0.416 e. The zero-order valence-corrected chi connectivity index (χ0v) is 18.3. The second-order valence-corrected chi connectivity index (χ2v) is 7.56. The highest BCUT2D eigenvalue weighted by atomic mass is 32.1. The van der Waals surface area contributed by atoms with Crippen LogP contribution in [-0.2, 0) is 11.0 Å². The number of hydrogen-bond donors (Lipinski definition) is 1. The van der Waals surface area contributed by atoms with Crippen molar-refractivity contribution in [3.05, 3.63) is 70.9 Å². The Balaban J connectivity index is 2.26. The SMILES string of the molecule is COc1ccccc1N1C(=S)NC(c2ccccc2C(F)(F)F)C(C(=O)N(C)C)=C1C. The molecule has 0 saturated carbocycles. The lowest BCUT2D eigenvalue weighted by molar-refractivity contribution is -0.138. The van der Waals surface area contributed by atoms with Crippen molar-refractivity contribution in [3.63, 3.8) is 0 Å². The number of carbonyl (C=O) groups excluding carboxylic acids is 1. The minimum absolute atomic E-state index is 0.0680. The number of para-hydroxylation sites is 2. The molecule has 0 saturated heterocycles. The lowest BCUT2D eigenvalue weighted by Crippen LogP contribution is -2.49. The Bertz CT molecular complexity index is 1050. The summed E-state index contributed by atoms with van der Waals surface area (Å²) >= 11 is 5.53. The summed E-state index contributed by atoms with van der Waals surface area (Å²) in [5.41, 5.74) is 0.279. The monoisotopic (exact) mass is 449 g/mol. The van der Waals surface area contributed by atoms with Crippen LogP contribution in [0.1, 0.15) is 24.1 Å². The van der Waals surface area contributed by atoms with Crippen molar-refractivity contribution >= 4 is 28.9 Å². The molecule has 1 heterocycles. The molecule has 2 aromatic rings. The molecule has 5 nitrogen and oxygen atoms in total. The van der Waals surface area contributed by atoms with Gasteiger partial charge in [-0.05, 0) is 42.9 Å². The summed E-state index contributed by atoms with van der Waals surface area (Å²) in [4.78, 5) is 16.1. The number of ether oxygens (including phenoxy) is 1. The van der Waals surface area contributed by atoms with Crippen LogP contribution in [0.25, 0.3) is 0 Å². The molecule has 0 spiro atoms. The highest BCUT2D eigenvalue weighted by molar-refractivity contribution is 7.80. The number of hydrogen-bond acceptors (Lipinski definition) is 3. The van der Waals surface area contributed by atoms with E-state index in [1.54, 1.807) is 50.2 Å². The summed E-state index contributed by atoms with van der Waals surface area (Å²) in [6.45, 7) is 1.67. The third-order valence-electron chi connectivity index (χ3n) is 5.02. The van der Waals surface area contributed by atoms with Crippen LogP contribution in [0, 0.1) is 0 Å². The average molecular weight is 449 g/mol. The first-order valence-electron chi connectivity index (χ1n) is 9.40. The fourth-order valence-electron chi connectivity index (χ4n) is 3.61. The number of carbonyl (C=O) groups is 1. The predicted octanol–water partition coefficient (Wildman–Crippen LogP) is 4.51. The summed E-state index contributed by atoms with van der Waals surface area (Å²) in [6.07, 6.45) is -4.58. The Hall–Kier alpha value is -3.07. The molecule has 9 heteroatoms. The van der Waals surface area contributed by atoms with E-state index in [0.29, 0.717) is 17.1 Å². The minimum atomic E-state index is -4.58. The van der Waals surface area contributed by atoms with E-state index in [9.17, 15) is 18.0 Å². The van der Waals surface area contributed by atoms with Crippen molar-refractivity contribution in [3.8, 4) is 5.75 Å². The Morgan fingerprint density at radius 1 is 1.13 bits per heavy atom. The van der Waals surface area contributed by atoms with Gasteiger partial charge in [-0.1, -0.05) is 30.3 Å². The molecule has 1 N–H and O–H groups in total. The molecule has 3 rings (SSSR count). The summed E-state index contributed by atoms with van der Waals surface area (Å²) in [7, 11) is 4.61. The van der Waals surface area contributed by atoms with E-state index in [0.717, 1.165) is 6.07 Å². The molecular formula is C22H22F3N3O2S. The topological polar surface area (TPSA) is 44.8 Å². The van der Waals surface area contributed by atoms with E-state index in [1.807, 2.05) is 0 Å². The summed E-state index contributed by atoms with van der Waals surface area (Å²) in [6, 6.07) is 11.2. The molecule has 0 bridgehead atoms. The summed E-state index contributed by atoms with van der Waals surface area (Å²) in [5.74, 6) is 0.0890. The zero-order valence-electron chi connectivity index (χ0n) is 17.4. The van der Waals surface area contributed by atoms with Gasteiger partial charge < -0.3 is 15.0 Å². The first-order valence-corrected chi connectivity index (χ1v) is 9.81. The molecule has 1 amide bonds. The van der Waals surface area contributed by atoms with Crippen molar-refractivity contribution in [2.45, 2.75) is 19.1 Å². The molecule has 1 aliphatic rings. The number of nitrogens with one attached hydrogen (secondary N) is 1. The van der Waals surface area contributed by atoms with Crippen molar-refractivity contribution in [1.29, 1.82) is 0 Å². The molecule has 31 heavy (non-hydrogen) atoms. The number of nitrogens with zero attached hydrogens (tertiary/aromatic N) is 2. The number of benzene rings is 2. The maximum absolute atomic E-state index is 13.7. The van der Waals surface area contributed by atoms with E-state index in [4.69, 9.17) is 17.0 Å². The van der Waals surface area contributed by atoms with Gasteiger partial charge in [-0.2, -0.15) is 13.2 Å². The number of rotatable bonds is 4. The van der Waals surface area contributed by atoms with Crippen LogP contribution in [0.2, 0.25) is 0 Å². The number of alkyl halides is 3. The highest BCUT2D eigenvalue weighted by Crippen LogP contribution is 2.41. The van der Waals surface area contributed by atoms with Gasteiger partial charge in [0.15, 0.2) is 5.11 Å². The van der Waals surface area contributed by atoms with Crippen molar-refractivity contribution in [1.82, 2.24) is 10.2 Å². The maximum Gasteiger partial charge on any atom is 0.416 e. The lowest BCUT2D eigenvalue weighted by Gasteiger charge is -2.39. The molecule has 0 aliphatic carbocycles. The Kier molecular flexibility index (Phi) is 6.26. The summed E-state index contributed by atoms with van der Waals surface area (Å²) < 4.78 is 46.6. The number of likely N-dealkylation sites (N-methyl/N-ethyl adjacent to an activating group) is 1. The number of halogens is 3. The second-order valence-electron chi connectivity index (χ2n) is 7.17. The molecule has 0 radical (unpaired) electrons. The Labute approximate surface area is 184 Å². The second kappa shape index (κ2) is 8.58. The van der Waals surface area contributed by atoms with Crippen LogP contribution < -0.4 is 15.0 Å². The third kappa shape index (κ3) is 4.23. The van der Waals surface area contributed by atoms with Crippen LogP contribution >= 0.6 is 12.2 Å². The third-order valence-corrected chi connectivity index (χ3v) is 5.33. The standard InChI is InChI=1S/C22H22F3N3O2S/c1-13-18(20(29)27(2)3)19(14-9-5-6-10-15(14)22(23,24)25)26-21(31)28(13)16-11-7-8-12-17(16)30-4/h5-12,19H,1-4H3,(H,26,31). The van der Waals surface area contributed by atoms with Crippen LogP contribution in [0.5, 0.6) is 5.75 Å². The van der Waals surface area contributed by atoms with Crippen molar-refractivity contribution in [2.24, 2.45) is 0 Å². The van der Waals surface area contributed by atoms with E-state index in [1.165, 1.54) is 30.2 Å². The average Bonchev–Trinajstić information content (AvgIpc) is 2.72. The molecule has 0 aromatic heterocycles. The van der Waals surface area contributed by atoms with Crippen LogP contribution in [0.4, 0.5) is 18.9 Å². The van der Waals surface area contributed by atoms with Gasteiger partial charge in [-0.25, -0.2) is 0 Å². The van der Waals surface area contributed by atoms with Gasteiger partial charge in [0.05, 0.1) is 30.0 Å². The van der Waals surface area contributed by atoms with Gasteiger partial charge >= 0.3 is 6.18 Å². The largest absolute Gasteiger partial charge is 0.495 e. The maximum atomic E-state index is 13.7. The van der Waals surface area contributed by atoms with E-state index in [-0.39, 0.29) is 16.2 Å². The predicted molar refractivity (Wildman–Crippen MR) is 117 cm³/mol. The zero-order chi connectivity index (χ0) is 22.9. The van der Waals surface area contributed by atoms with Crippen LogP contribution in [-0.4, -0.2) is 37.1 Å². The fourth-order valence-corrected chi connectivity index (χ4v) is 3.96. The van der Waals surface area contributed by atoms with Crippen molar-refractivity contribution in [2.75, 3.05) is 26.1 Å². The van der Waals surface area contributed by atoms with E-state index in [2.05, 4.69) is 5.32 Å². The molecule has 0 fully saturated rings. The van der Waals surface area contributed by atoms with E-state index >= 15 is 0 Å².